The molecule has 17 heavy (non-hydrogen) atoms. The number of hydrogen-bond donors (Lipinski definition) is 0. The lowest BCUT2D eigenvalue weighted by Gasteiger charge is -2.32. The highest BCUT2D eigenvalue weighted by atomic mass is 16.5. The standard InChI is InChI=1S/C15H16O2/c1-2-6-15(7-3-1)8-11-4-5-12-9-16-10-13(12)14(11)17-15/h4-5,9-10H,1-3,6-8H2. The average molecular weight is 228 g/mol. The van der Waals surface area contributed by atoms with Crippen LogP contribution in [0, 0.1) is 0 Å². The molecule has 1 saturated carbocycles. The second-order valence-corrected chi connectivity index (χ2v) is 5.45. The lowest BCUT2D eigenvalue weighted by Crippen LogP contribution is -2.36. The van der Waals surface area contributed by atoms with Gasteiger partial charge in [-0.15, -0.1) is 0 Å². The summed E-state index contributed by atoms with van der Waals surface area (Å²) in [6.07, 6.45) is 11.1. The predicted octanol–water partition coefficient (Wildman–Crippen LogP) is 4.07. The molecule has 1 fully saturated rings. The van der Waals surface area contributed by atoms with Crippen molar-refractivity contribution in [2.24, 2.45) is 0 Å². The zero-order valence-electron chi connectivity index (χ0n) is 9.87. The third kappa shape index (κ3) is 1.33. The fourth-order valence-electron chi connectivity index (χ4n) is 3.39. The molecular formula is C15H16O2. The summed E-state index contributed by atoms with van der Waals surface area (Å²) in [4.78, 5) is 0. The highest BCUT2D eigenvalue weighted by Gasteiger charge is 2.40. The van der Waals surface area contributed by atoms with Gasteiger partial charge < -0.3 is 9.15 Å². The molecule has 0 saturated heterocycles. The quantitative estimate of drug-likeness (QED) is 0.678. The van der Waals surface area contributed by atoms with E-state index in [1.165, 1.54) is 37.7 Å². The molecule has 0 radical (unpaired) electrons. The molecule has 1 aromatic heterocycles. The molecule has 2 aromatic rings. The largest absolute Gasteiger partial charge is 0.486 e. The molecule has 2 aliphatic rings. The summed E-state index contributed by atoms with van der Waals surface area (Å²) in [6.45, 7) is 0. The lowest BCUT2D eigenvalue weighted by atomic mass is 9.82. The van der Waals surface area contributed by atoms with Gasteiger partial charge in [0.15, 0.2) is 0 Å². The van der Waals surface area contributed by atoms with Gasteiger partial charge in [-0.3, -0.25) is 0 Å². The normalized spacial score (nSPS) is 21.6. The van der Waals surface area contributed by atoms with Crippen molar-refractivity contribution in [1.29, 1.82) is 0 Å². The Morgan fingerprint density at radius 1 is 1.00 bits per heavy atom. The summed E-state index contributed by atoms with van der Waals surface area (Å²) in [7, 11) is 0. The Balaban J connectivity index is 1.81. The number of furan rings is 1. The van der Waals surface area contributed by atoms with E-state index < -0.39 is 0 Å². The number of ether oxygens (including phenoxy) is 1. The van der Waals surface area contributed by atoms with Gasteiger partial charge in [0.2, 0.25) is 0 Å². The predicted molar refractivity (Wildman–Crippen MR) is 66.4 cm³/mol. The van der Waals surface area contributed by atoms with Crippen LogP contribution in [0.3, 0.4) is 0 Å². The van der Waals surface area contributed by atoms with Crippen molar-refractivity contribution in [3.05, 3.63) is 30.2 Å². The third-order valence-corrected chi connectivity index (χ3v) is 4.29. The Hall–Kier alpha value is -1.44. The Labute approximate surface area is 101 Å². The molecule has 2 heterocycles. The SMILES string of the molecule is c1cc2cocc2c2c1CC1(CCCCC1)O2. The second kappa shape index (κ2) is 3.28. The van der Waals surface area contributed by atoms with Crippen molar-refractivity contribution in [1.82, 2.24) is 0 Å². The fourth-order valence-corrected chi connectivity index (χ4v) is 3.39. The van der Waals surface area contributed by atoms with Crippen molar-refractivity contribution >= 4 is 10.8 Å². The highest BCUT2D eigenvalue weighted by Crippen LogP contribution is 2.46. The molecule has 1 aromatic carbocycles. The molecule has 1 aliphatic heterocycles. The van der Waals surface area contributed by atoms with Crippen LogP contribution in [0.1, 0.15) is 37.7 Å². The molecule has 0 atom stereocenters. The maximum atomic E-state index is 6.35. The fraction of sp³-hybridized carbons (Fsp3) is 0.467. The van der Waals surface area contributed by atoms with E-state index in [1.54, 1.807) is 6.26 Å². The Morgan fingerprint density at radius 2 is 1.88 bits per heavy atom. The summed E-state index contributed by atoms with van der Waals surface area (Å²) in [5, 5.41) is 2.29. The molecule has 88 valence electrons. The van der Waals surface area contributed by atoms with Crippen LogP contribution in [0.4, 0.5) is 0 Å². The van der Waals surface area contributed by atoms with E-state index in [2.05, 4.69) is 12.1 Å². The van der Waals surface area contributed by atoms with Crippen molar-refractivity contribution in [3.8, 4) is 5.75 Å². The van der Waals surface area contributed by atoms with E-state index in [9.17, 15) is 0 Å². The summed E-state index contributed by atoms with van der Waals surface area (Å²) in [6, 6.07) is 4.35. The smallest absolute Gasteiger partial charge is 0.134 e. The van der Waals surface area contributed by atoms with Gasteiger partial charge in [-0.2, -0.15) is 0 Å². The molecular weight excluding hydrogens is 212 g/mol. The van der Waals surface area contributed by atoms with E-state index >= 15 is 0 Å². The van der Waals surface area contributed by atoms with Crippen LogP contribution >= 0.6 is 0 Å². The molecule has 0 N–H and O–H groups in total. The topological polar surface area (TPSA) is 22.4 Å². The Kier molecular flexibility index (Phi) is 1.85. The van der Waals surface area contributed by atoms with Crippen LogP contribution in [0.2, 0.25) is 0 Å². The first kappa shape index (κ1) is 9.58. The van der Waals surface area contributed by atoms with E-state index in [0.717, 1.165) is 22.9 Å². The minimum Gasteiger partial charge on any atom is -0.486 e. The zero-order chi connectivity index (χ0) is 11.3. The summed E-state index contributed by atoms with van der Waals surface area (Å²) in [5.41, 5.74) is 1.47. The van der Waals surface area contributed by atoms with Crippen molar-refractivity contribution in [2.75, 3.05) is 0 Å². The Morgan fingerprint density at radius 3 is 2.76 bits per heavy atom. The van der Waals surface area contributed by atoms with Crippen molar-refractivity contribution < 1.29 is 9.15 Å². The molecule has 1 spiro atoms. The van der Waals surface area contributed by atoms with Gasteiger partial charge >= 0.3 is 0 Å². The molecule has 0 bridgehead atoms. The zero-order valence-corrected chi connectivity index (χ0v) is 9.87. The molecule has 2 nitrogen and oxygen atoms in total. The molecule has 1 aliphatic carbocycles. The van der Waals surface area contributed by atoms with Gasteiger partial charge in [0.1, 0.15) is 17.6 Å². The molecule has 2 heteroatoms. The Bertz CT molecular complexity index is 561. The first-order valence-corrected chi connectivity index (χ1v) is 6.53. The first-order chi connectivity index (χ1) is 8.36. The maximum absolute atomic E-state index is 6.35. The van der Waals surface area contributed by atoms with Crippen molar-refractivity contribution in [2.45, 2.75) is 44.1 Å². The third-order valence-electron chi connectivity index (χ3n) is 4.29. The number of benzene rings is 1. The van der Waals surface area contributed by atoms with E-state index in [4.69, 9.17) is 9.15 Å². The van der Waals surface area contributed by atoms with Gasteiger partial charge in [0.25, 0.3) is 0 Å². The van der Waals surface area contributed by atoms with Crippen LogP contribution in [-0.2, 0) is 6.42 Å². The summed E-state index contributed by atoms with van der Waals surface area (Å²) in [5.74, 6) is 1.08. The van der Waals surface area contributed by atoms with E-state index in [0.29, 0.717) is 0 Å². The molecule has 4 rings (SSSR count). The average Bonchev–Trinajstić information content (AvgIpc) is 2.93. The van der Waals surface area contributed by atoms with Crippen molar-refractivity contribution in [3.63, 3.8) is 0 Å². The van der Waals surface area contributed by atoms with Gasteiger partial charge in [-0.05, 0) is 31.2 Å². The number of rotatable bonds is 0. The monoisotopic (exact) mass is 228 g/mol. The van der Waals surface area contributed by atoms with Crippen LogP contribution in [0.5, 0.6) is 5.75 Å². The number of hydrogen-bond acceptors (Lipinski definition) is 2. The maximum Gasteiger partial charge on any atom is 0.134 e. The summed E-state index contributed by atoms with van der Waals surface area (Å²) >= 11 is 0. The number of fused-ring (bicyclic) bond motifs is 3. The van der Waals surface area contributed by atoms with Gasteiger partial charge in [0.05, 0.1) is 11.6 Å². The van der Waals surface area contributed by atoms with E-state index in [-0.39, 0.29) is 5.60 Å². The highest BCUT2D eigenvalue weighted by molar-refractivity contribution is 5.89. The van der Waals surface area contributed by atoms with Crippen LogP contribution in [-0.4, -0.2) is 5.60 Å². The van der Waals surface area contributed by atoms with Gasteiger partial charge in [0, 0.05) is 11.8 Å². The van der Waals surface area contributed by atoms with Crippen LogP contribution in [0.15, 0.2) is 29.1 Å². The molecule has 0 unspecified atom stereocenters. The minimum atomic E-state index is 0.103. The summed E-state index contributed by atoms with van der Waals surface area (Å²) < 4.78 is 11.6. The van der Waals surface area contributed by atoms with E-state index in [1.807, 2.05) is 6.26 Å². The minimum absolute atomic E-state index is 0.103. The molecule has 0 amide bonds. The van der Waals surface area contributed by atoms with Crippen LogP contribution < -0.4 is 4.74 Å². The first-order valence-electron chi connectivity index (χ1n) is 6.53. The second-order valence-electron chi connectivity index (χ2n) is 5.45. The van der Waals surface area contributed by atoms with Gasteiger partial charge in [-0.25, -0.2) is 0 Å². The lowest BCUT2D eigenvalue weighted by molar-refractivity contribution is 0.0540. The van der Waals surface area contributed by atoms with Gasteiger partial charge in [-0.1, -0.05) is 18.6 Å². The van der Waals surface area contributed by atoms with Crippen LogP contribution in [0.25, 0.3) is 10.8 Å².